The highest BCUT2D eigenvalue weighted by molar-refractivity contribution is 5.87. The Morgan fingerprint density at radius 2 is 2.00 bits per heavy atom. The second kappa shape index (κ2) is 5.14. The van der Waals surface area contributed by atoms with Gasteiger partial charge in [-0.15, -0.1) is 0 Å². The lowest BCUT2D eigenvalue weighted by Crippen LogP contribution is -2.00. The highest BCUT2D eigenvalue weighted by Crippen LogP contribution is 2.31. The minimum atomic E-state index is 0.311. The van der Waals surface area contributed by atoms with Crippen molar-refractivity contribution >= 4 is 12.6 Å². The van der Waals surface area contributed by atoms with Crippen LogP contribution < -0.4 is 9.47 Å². The Morgan fingerprint density at radius 1 is 1.27 bits per heavy atom. The van der Waals surface area contributed by atoms with E-state index < -0.39 is 0 Å². The monoisotopic (exact) mass is 208 g/mol. The molecular formula is C11H12O4. The van der Waals surface area contributed by atoms with Crippen molar-refractivity contribution in [1.82, 2.24) is 0 Å². The van der Waals surface area contributed by atoms with Gasteiger partial charge in [0.1, 0.15) is 6.29 Å². The number of carbonyl (C=O) groups is 2. The van der Waals surface area contributed by atoms with E-state index in [1.54, 1.807) is 6.07 Å². The van der Waals surface area contributed by atoms with E-state index in [0.717, 1.165) is 0 Å². The van der Waals surface area contributed by atoms with Crippen LogP contribution in [-0.4, -0.2) is 26.3 Å². The van der Waals surface area contributed by atoms with E-state index in [1.165, 1.54) is 13.2 Å². The van der Waals surface area contributed by atoms with Crippen LogP contribution in [0.5, 0.6) is 11.5 Å². The summed E-state index contributed by atoms with van der Waals surface area (Å²) in [5, 5.41) is 0. The van der Waals surface area contributed by atoms with E-state index in [2.05, 4.69) is 0 Å². The average molecular weight is 208 g/mol. The Balaban J connectivity index is 3.31. The van der Waals surface area contributed by atoms with E-state index in [1.807, 2.05) is 6.92 Å². The summed E-state index contributed by atoms with van der Waals surface area (Å²) < 4.78 is 10.3. The van der Waals surface area contributed by atoms with Crippen molar-refractivity contribution in [3.8, 4) is 11.5 Å². The Morgan fingerprint density at radius 3 is 2.47 bits per heavy atom. The quantitative estimate of drug-likeness (QED) is 0.691. The van der Waals surface area contributed by atoms with Gasteiger partial charge in [0.15, 0.2) is 17.8 Å². The highest BCUT2D eigenvalue weighted by Gasteiger charge is 2.11. The van der Waals surface area contributed by atoms with Crippen LogP contribution in [0.15, 0.2) is 12.1 Å². The zero-order valence-electron chi connectivity index (χ0n) is 8.65. The first-order valence-corrected chi connectivity index (χ1v) is 4.52. The fourth-order valence-electron chi connectivity index (χ4n) is 1.28. The van der Waals surface area contributed by atoms with Gasteiger partial charge < -0.3 is 9.47 Å². The molecule has 0 aromatic heterocycles. The number of carbonyl (C=O) groups excluding carboxylic acids is 2. The van der Waals surface area contributed by atoms with Gasteiger partial charge in [-0.3, -0.25) is 9.59 Å². The molecule has 4 nitrogen and oxygen atoms in total. The van der Waals surface area contributed by atoms with Gasteiger partial charge >= 0.3 is 0 Å². The lowest BCUT2D eigenvalue weighted by molar-refractivity contribution is 0.111. The predicted molar refractivity (Wildman–Crippen MR) is 54.9 cm³/mol. The second-order valence-corrected chi connectivity index (χ2v) is 2.81. The van der Waals surface area contributed by atoms with E-state index in [-0.39, 0.29) is 0 Å². The maximum atomic E-state index is 10.8. The summed E-state index contributed by atoms with van der Waals surface area (Å²) in [7, 11) is 1.45. The molecule has 0 unspecified atom stereocenters. The lowest BCUT2D eigenvalue weighted by atomic mass is 10.1. The summed E-state index contributed by atoms with van der Waals surface area (Å²) in [4.78, 5) is 21.4. The number of aldehydes is 2. The maximum absolute atomic E-state index is 10.8. The molecule has 0 spiro atoms. The largest absolute Gasteiger partial charge is 0.492 e. The minimum absolute atomic E-state index is 0.311. The molecule has 80 valence electrons. The molecule has 15 heavy (non-hydrogen) atoms. The van der Waals surface area contributed by atoms with Gasteiger partial charge in [-0.05, 0) is 19.1 Å². The van der Waals surface area contributed by atoms with Crippen LogP contribution in [-0.2, 0) is 0 Å². The Hall–Kier alpha value is -1.84. The Bertz CT molecular complexity index is 371. The van der Waals surface area contributed by atoms with Crippen LogP contribution in [0.2, 0.25) is 0 Å². The molecule has 0 aliphatic rings. The molecule has 0 N–H and O–H groups in total. The summed E-state index contributed by atoms with van der Waals surface area (Å²) >= 11 is 0. The minimum Gasteiger partial charge on any atom is -0.492 e. The van der Waals surface area contributed by atoms with Gasteiger partial charge in [0.25, 0.3) is 0 Å². The summed E-state index contributed by atoms with van der Waals surface area (Å²) in [6.45, 7) is 2.25. The first-order chi connectivity index (χ1) is 7.26. The van der Waals surface area contributed by atoms with Gasteiger partial charge in [0, 0.05) is 5.56 Å². The molecule has 0 fully saturated rings. The molecule has 0 heterocycles. The molecule has 0 amide bonds. The van der Waals surface area contributed by atoms with Crippen LogP contribution in [0.4, 0.5) is 0 Å². The van der Waals surface area contributed by atoms with E-state index in [4.69, 9.17) is 9.47 Å². The second-order valence-electron chi connectivity index (χ2n) is 2.81. The molecule has 1 aromatic rings. The molecule has 0 bridgehead atoms. The lowest BCUT2D eigenvalue weighted by Gasteiger charge is -2.11. The summed E-state index contributed by atoms with van der Waals surface area (Å²) in [5.41, 5.74) is 0.701. The maximum Gasteiger partial charge on any atom is 0.171 e. The smallest absolute Gasteiger partial charge is 0.171 e. The molecule has 4 heteroatoms. The van der Waals surface area contributed by atoms with E-state index in [0.29, 0.717) is 41.8 Å². The molecule has 1 aromatic carbocycles. The molecule has 0 saturated carbocycles. The topological polar surface area (TPSA) is 52.6 Å². The Labute approximate surface area is 87.8 Å². The third-order valence-corrected chi connectivity index (χ3v) is 1.87. The van der Waals surface area contributed by atoms with Gasteiger partial charge in [-0.1, -0.05) is 0 Å². The van der Waals surface area contributed by atoms with Gasteiger partial charge in [-0.25, -0.2) is 0 Å². The number of ether oxygens (including phenoxy) is 2. The van der Waals surface area contributed by atoms with E-state index >= 15 is 0 Å². The number of hydrogen-bond donors (Lipinski definition) is 0. The number of hydrogen-bond acceptors (Lipinski definition) is 4. The SMILES string of the molecule is CCOc1cc(C=O)cc(C=O)c1OC. The van der Waals surface area contributed by atoms with Crippen molar-refractivity contribution in [2.24, 2.45) is 0 Å². The normalized spacial score (nSPS) is 9.47. The van der Waals surface area contributed by atoms with Crippen molar-refractivity contribution in [3.05, 3.63) is 23.3 Å². The molecule has 0 atom stereocenters. The molecule has 0 aliphatic carbocycles. The van der Waals surface area contributed by atoms with Crippen LogP contribution >= 0.6 is 0 Å². The van der Waals surface area contributed by atoms with E-state index in [9.17, 15) is 9.59 Å². The van der Waals surface area contributed by atoms with Crippen molar-refractivity contribution in [3.63, 3.8) is 0 Å². The van der Waals surface area contributed by atoms with Crippen LogP contribution in [0.25, 0.3) is 0 Å². The summed E-state index contributed by atoms with van der Waals surface area (Å²) in [6, 6.07) is 3.00. The number of benzene rings is 1. The molecule has 1 rings (SSSR count). The number of rotatable bonds is 5. The molecule has 0 aliphatic heterocycles. The summed E-state index contributed by atoms with van der Waals surface area (Å²) in [5.74, 6) is 0.768. The van der Waals surface area contributed by atoms with Gasteiger partial charge in [-0.2, -0.15) is 0 Å². The van der Waals surface area contributed by atoms with Crippen molar-refractivity contribution in [2.45, 2.75) is 6.92 Å². The molecule has 0 radical (unpaired) electrons. The molecular weight excluding hydrogens is 196 g/mol. The Kier molecular flexibility index (Phi) is 3.85. The molecule has 0 saturated heterocycles. The summed E-state index contributed by atoms with van der Waals surface area (Å²) in [6.07, 6.45) is 1.29. The van der Waals surface area contributed by atoms with Crippen molar-refractivity contribution in [2.75, 3.05) is 13.7 Å². The van der Waals surface area contributed by atoms with Crippen LogP contribution in [0, 0.1) is 0 Å². The fraction of sp³-hybridized carbons (Fsp3) is 0.273. The third-order valence-electron chi connectivity index (χ3n) is 1.87. The third kappa shape index (κ3) is 2.34. The number of methoxy groups -OCH3 is 1. The van der Waals surface area contributed by atoms with Crippen molar-refractivity contribution in [1.29, 1.82) is 0 Å². The first kappa shape index (κ1) is 11.2. The standard InChI is InChI=1S/C11H12O4/c1-3-15-10-5-8(6-12)4-9(7-13)11(10)14-2/h4-7H,3H2,1-2H3. The predicted octanol–water partition coefficient (Wildman–Crippen LogP) is 1.72. The van der Waals surface area contributed by atoms with Crippen molar-refractivity contribution < 1.29 is 19.1 Å². The fourth-order valence-corrected chi connectivity index (χ4v) is 1.28. The first-order valence-electron chi connectivity index (χ1n) is 4.52. The highest BCUT2D eigenvalue weighted by atomic mass is 16.5. The zero-order valence-corrected chi connectivity index (χ0v) is 8.65. The van der Waals surface area contributed by atoms with Gasteiger partial charge in [0.05, 0.1) is 19.3 Å². The van der Waals surface area contributed by atoms with Gasteiger partial charge in [0.2, 0.25) is 0 Å². The zero-order chi connectivity index (χ0) is 11.3. The van der Waals surface area contributed by atoms with Crippen LogP contribution in [0.3, 0.4) is 0 Å². The van der Waals surface area contributed by atoms with Crippen LogP contribution in [0.1, 0.15) is 27.6 Å². The average Bonchev–Trinajstić information content (AvgIpc) is 2.28.